The molecule has 1 spiro atoms. The van der Waals surface area contributed by atoms with Gasteiger partial charge in [-0.1, -0.05) is 57.9 Å². The summed E-state index contributed by atoms with van der Waals surface area (Å²) in [6, 6.07) is 6.96. The second-order valence-corrected chi connectivity index (χ2v) is 7.64. The number of urea groups is 1. The summed E-state index contributed by atoms with van der Waals surface area (Å²) < 4.78 is 0. The molecule has 3 amide bonds. The smallest absolute Gasteiger partial charge is 0.323 e. The van der Waals surface area contributed by atoms with Gasteiger partial charge in [-0.2, -0.15) is 0 Å². The van der Waals surface area contributed by atoms with Crippen molar-refractivity contribution in [3.05, 3.63) is 35.4 Å². The highest BCUT2D eigenvalue weighted by Crippen LogP contribution is 2.38. The molecular formula is C20H26N2O3. The molecule has 1 aliphatic carbocycles. The summed E-state index contributed by atoms with van der Waals surface area (Å²) >= 11 is 0. The zero-order valence-electron chi connectivity index (χ0n) is 15.2. The van der Waals surface area contributed by atoms with Gasteiger partial charge in [0.25, 0.3) is 5.91 Å². The van der Waals surface area contributed by atoms with Crippen LogP contribution in [0.25, 0.3) is 0 Å². The van der Waals surface area contributed by atoms with Crippen LogP contribution in [0, 0.1) is 5.92 Å². The molecule has 5 nitrogen and oxygen atoms in total. The van der Waals surface area contributed by atoms with Gasteiger partial charge in [-0.15, -0.1) is 0 Å². The molecule has 5 heteroatoms. The number of ketones is 1. The minimum atomic E-state index is -0.808. The predicted molar refractivity (Wildman–Crippen MR) is 95.5 cm³/mol. The number of imide groups is 1. The van der Waals surface area contributed by atoms with Crippen molar-refractivity contribution in [1.29, 1.82) is 0 Å². The molecule has 0 bridgehead atoms. The Morgan fingerprint density at radius 3 is 2.52 bits per heavy atom. The maximum atomic E-state index is 12.9. The lowest BCUT2D eigenvalue weighted by atomic mass is 9.73. The highest BCUT2D eigenvalue weighted by Gasteiger charge is 2.55. The normalized spacial score (nSPS) is 26.4. The van der Waals surface area contributed by atoms with Gasteiger partial charge >= 0.3 is 6.03 Å². The molecule has 1 saturated carbocycles. The lowest BCUT2D eigenvalue weighted by molar-refractivity contribution is -0.133. The number of amides is 3. The van der Waals surface area contributed by atoms with Crippen LogP contribution < -0.4 is 5.32 Å². The molecule has 0 unspecified atom stereocenters. The predicted octanol–water partition coefficient (Wildman–Crippen LogP) is 3.49. The summed E-state index contributed by atoms with van der Waals surface area (Å²) in [6.07, 6.45) is 3.58. The first kappa shape index (κ1) is 17.6. The van der Waals surface area contributed by atoms with E-state index in [2.05, 4.69) is 19.2 Å². The lowest BCUT2D eigenvalue weighted by Crippen LogP contribution is -2.54. The number of Topliss-reactive ketones (excluding diaryl/α,β-unsaturated/α-hetero) is 1. The first-order valence-corrected chi connectivity index (χ1v) is 9.12. The Labute approximate surface area is 148 Å². The number of carbonyl (C=O) groups is 3. The first-order chi connectivity index (χ1) is 11.8. The Hall–Kier alpha value is -2.17. The maximum Gasteiger partial charge on any atom is 0.325 e. The molecule has 1 aliphatic heterocycles. The van der Waals surface area contributed by atoms with Gasteiger partial charge in [0.2, 0.25) is 0 Å². The topological polar surface area (TPSA) is 66.5 Å². The third-order valence-corrected chi connectivity index (χ3v) is 5.70. The molecule has 1 aromatic rings. The van der Waals surface area contributed by atoms with Crippen LogP contribution in [-0.2, 0) is 4.79 Å². The van der Waals surface area contributed by atoms with Crippen LogP contribution in [0.15, 0.2) is 24.3 Å². The van der Waals surface area contributed by atoms with Crippen LogP contribution in [0.5, 0.6) is 0 Å². The summed E-state index contributed by atoms with van der Waals surface area (Å²) in [5.41, 5.74) is 0.876. The Bertz CT molecular complexity index is 695. The molecule has 0 aromatic heterocycles. The first-order valence-electron chi connectivity index (χ1n) is 9.12. The van der Waals surface area contributed by atoms with Gasteiger partial charge in [-0.3, -0.25) is 14.5 Å². The third-order valence-electron chi connectivity index (χ3n) is 5.70. The maximum absolute atomic E-state index is 12.9. The molecule has 1 saturated heterocycles. The van der Waals surface area contributed by atoms with Gasteiger partial charge in [0.1, 0.15) is 5.54 Å². The number of carbonyl (C=O) groups excluding carboxylic acids is 3. The molecule has 2 aliphatic rings. The van der Waals surface area contributed by atoms with Crippen molar-refractivity contribution in [2.75, 3.05) is 6.54 Å². The van der Waals surface area contributed by atoms with Crippen molar-refractivity contribution in [2.45, 2.75) is 57.9 Å². The Morgan fingerprint density at radius 1 is 1.24 bits per heavy atom. The molecule has 2 atom stereocenters. The Morgan fingerprint density at radius 2 is 1.92 bits per heavy atom. The highest BCUT2D eigenvalue weighted by molar-refractivity contribution is 6.11. The van der Waals surface area contributed by atoms with Gasteiger partial charge in [0.15, 0.2) is 5.78 Å². The number of hydrogen-bond acceptors (Lipinski definition) is 3. The number of nitrogens with one attached hydrogen (secondary N) is 1. The third kappa shape index (κ3) is 3.08. The number of nitrogens with zero attached hydrogens (tertiary/aromatic N) is 1. The van der Waals surface area contributed by atoms with Crippen molar-refractivity contribution >= 4 is 17.7 Å². The average molecular weight is 342 g/mol. The molecule has 1 heterocycles. The molecular weight excluding hydrogens is 316 g/mol. The molecule has 0 radical (unpaired) electrons. The Balaban J connectivity index is 1.75. The van der Waals surface area contributed by atoms with Crippen LogP contribution in [0.3, 0.4) is 0 Å². The summed E-state index contributed by atoms with van der Waals surface area (Å²) in [6.45, 7) is 6.00. The average Bonchev–Trinajstić information content (AvgIpc) is 2.82. The van der Waals surface area contributed by atoms with E-state index in [0.717, 1.165) is 29.7 Å². The van der Waals surface area contributed by atoms with Crippen molar-refractivity contribution in [3.8, 4) is 0 Å². The van der Waals surface area contributed by atoms with Crippen LogP contribution in [-0.4, -0.2) is 34.7 Å². The lowest BCUT2D eigenvalue weighted by Gasteiger charge is -2.36. The van der Waals surface area contributed by atoms with Gasteiger partial charge in [0, 0.05) is 5.56 Å². The summed E-state index contributed by atoms with van der Waals surface area (Å²) in [5, 5.41) is 2.88. The molecule has 1 N–H and O–H groups in total. The molecule has 1 aromatic carbocycles. The van der Waals surface area contributed by atoms with E-state index in [-0.39, 0.29) is 24.2 Å². The fraction of sp³-hybridized carbons (Fsp3) is 0.550. The summed E-state index contributed by atoms with van der Waals surface area (Å²) in [7, 11) is 0. The van der Waals surface area contributed by atoms with Gasteiger partial charge in [-0.05, 0) is 30.2 Å². The fourth-order valence-corrected chi connectivity index (χ4v) is 3.93. The van der Waals surface area contributed by atoms with E-state index in [1.165, 1.54) is 0 Å². The van der Waals surface area contributed by atoms with Crippen LogP contribution in [0.1, 0.15) is 68.3 Å². The SMILES string of the molecule is CC(C)c1ccc(C(=O)CN2C(=O)N[C@]3(CCCC[C@H]3C)C2=O)cc1. The van der Waals surface area contributed by atoms with E-state index in [0.29, 0.717) is 17.9 Å². The van der Waals surface area contributed by atoms with E-state index >= 15 is 0 Å². The summed E-state index contributed by atoms with van der Waals surface area (Å²) in [5.74, 6) is 0.0435. The van der Waals surface area contributed by atoms with Gasteiger partial charge in [0.05, 0.1) is 6.54 Å². The van der Waals surface area contributed by atoms with E-state index in [9.17, 15) is 14.4 Å². The fourth-order valence-electron chi connectivity index (χ4n) is 3.93. The molecule has 134 valence electrons. The number of benzene rings is 1. The van der Waals surface area contributed by atoms with Gasteiger partial charge < -0.3 is 5.32 Å². The van der Waals surface area contributed by atoms with Crippen molar-refractivity contribution in [3.63, 3.8) is 0 Å². The van der Waals surface area contributed by atoms with Crippen LogP contribution in [0.2, 0.25) is 0 Å². The second-order valence-electron chi connectivity index (χ2n) is 7.64. The molecule has 2 fully saturated rings. The van der Waals surface area contributed by atoms with Crippen LogP contribution >= 0.6 is 0 Å². The van der Waals surface area contributed by atoms with Gasteiger partial charge in [-0.25, -0.2) is 4.79 Å². The van der Waals surface area contributed by atoms with Crippen molar-refractivity contribution in [2.24, 2.45) is 5.92 Å². The van der Waals surface area contributed by atoms with E-state index in [1.54, 1.807) is 12.1 Å². The largest absolute Gasteiger partial charge is 0.325 e. The zero-order valence-corrected chi connectivity index (χ0v) is 15.2. The van der Waals surface area contributed by atoms with Crippen molar-refractivity contribution in [1.82, 2.24) is 10.2 Å². The monoisotopic (exact) mass is 342 g/mol. The quantitative estimate of drug-likeness (QED) is 0.673. The standard InChI is InChI=1S/C20H26N2O3/c1-13(2)15-7-9-16(10-8-15)17(23)12-22-18(24)20(21-19(22)25)11-5-4-6-14(20)3/h7-10,13-14H,4-6,11-12H2,1-3H3,(H,21,25)/t14-,20+/m1/s1. The number of rotatable bonds is 4. The molecule has 25 heavy (non-hydrogen) atoms. The minimum absolute atomic E-state index is 0.100. The Kier molecular flexibility index (Phi) is 4.67. The molecule has 3 rings (SSSR count). The van der Waals surface area contributed by atoms with E-state index in [1.807, 2.05) is 19.1 Å². The highest BCUT2D eigenvalue weighted by atomic mass is 16.2. The van der Waals surface area contributed by atoms with E-state index < -0.39 is 11.6 Å². The van der Waals surface area contributed by atoms with E-state index in [4.69, 9.17) is 0 Å². The zero-order chi connectivity index (χ0) is 18.2. The minimum Gasteiger partial charge on any atom is -0.323 e. The van der Waals surface area contributed by atoms with Crippen LogP contribution in [0.4, 0.5) is 4.79 Å². The summed E-state index contributed by atoms with van der Waals surface area (Å²) in [4.78, 5) is 38.9. The number of hydrogen-bond donors (Lipinski definition) is 1. The van der Waals surface area contributed by atoms with Crippen molar-refractivity contribution < 1.29 is 14.4 Å². The second kappa shape index (κ2) is 6.62.